The minimum atomic E-state index is -0.0491. The van der Waals surface area contributed by atoms with E-state index in [1.807, 2.05) is 17.4 Å². The van der Waals surface area contributed by atoms with Crippen molar-refractivity contribution >= 4 is 17.3 Å². The van der Waals surface area contributed by atoms with Crippen molar-refractivity contribution in [2.24, 2.45) is 11.8 Å². The predicted molar refractivity (Wildman–Crippen MR) is 159 cm³/mol. The van der Waals surface area contributed by atoms with Crippen molar-refractivity contribution in [3.8, 4) is 5.75 Å². The van der Waals surface area contributed by atoms with Gasteiger partial charge in [0.05, 0.1) is 0 Å². The van der Waals surface area contributed by atoms with E-state index in [1.54, 1.807) is 0 Å². The molecular weight excluding hydrogens is 474 g/mol. The summed E-state index contributed by atoms with van der Waals surface area (Å²) in [6, 6.07) is 11.3. The first kappa shape index (κ1) is 29.9. The second kappa shape index (κ2) is 16.3. The second-order valence-corrected chi connectivity index (χ2v) is 12.1. The number of hydrogen-bond acceptors (Lipinski definition) is 4. The van der Waals surface area contributed by atoms with E-state index in [0.717, 1.165) is 56.9 Å². The summed E-state index contributed by atoms with van der Waals surface area (Å²) in [6.45, 7) is 11.4. The highest BCUT2D eigenvalue weighted by atomic mass is 32.1. The number of unbranched alkanes of at least 4 members (excludes halogenated alkanes) is 1. The first-order valence-electron chi connectivity index (χ1n) is 15.2. The second-order valence-electron chi connectivity index (χ2n) is 11.0. The summed E-state index contributed by atoms with van der Waals surface area (Å²) in [7, 11) is 0. The summed E-state index contributed by atoms with van der Waals surface area (Å²) in [5.41, 5.74) is 2.63. The number of benzene rings is 1. The zero-order chi connectivity index (χ0) is 26.5. The fourth-order valence-corrected chi connectivity index (χ4v) is 7.03. The molecule has 3 rings (SSSR count). The van der Waals surface area contributed by atoms with Crippen molar-refractivity contribution < 1.29 is 9.53 Å². The maximum atomic E-state index is 13.0. The Bertz CT molecular complexity index is 909. The summed E-state index contributed by atoms with van der Waals surface area (Å²) in [5.74, 6) is 2.14. The standard InChI is InChI=1S/C33H51NO2S/c1-5-9-13-27(26(8-4)12-6-2)17-20-33(35)36-32-16-10-14-28-25-29(18-19-31(28)32)34(22-7-3)23-21-30-15-11-24-37-30/h10-11,14-16,24,26-27,29H,5-9,12-13,17-23,25H2,1-4H3. The molecule has 2 aromatic rings. The van der Waals surface area contributed by atoms with Crippen LogP contribution >= 0.6 is 11.3 Å². The van der Waals surface area contributed by atoms with Gasteiger partial charge in [-0.15, -0.1) is 11.3 Å². The molecule has 4 heteroatoms. The van der Waals surface area contributed by atoms with Gasteiger partial charge in [-0.1, -0.05) is 84.4 Å². The maximum Gasteiger partial charge on any atom is 0.311 e. The van der Waals surface area contributed by atoms with Gasteiger partial charge in [-0.25, -0.2) is 0 Å². The number of thiophene rings is 1. The molecule has 37 heavy (non-hydrogen) atoms. The first-order chi connectivity index (χ1) is 18.1. The summed E-state index contributed by atoms with van der Waals surface area (Å²) in [4.78, 5) is 17.1. The molecule has 3 nitrogen and oxygen atoms in total. The highest BCUT2D eigenvalue weighted by Gasteiger charge is 2.27. The third-order valence-electron chi connectivity index (χ3n) is 8.39. The number of rotatable bonds is 17. The average Bonchev–Trinajstić information content (AvgIpc) is 3.43. The fraction of sp³-hybridized carbons (Fsp3) is 0.667. The smallest absolute Gasteiger partial charge is 0.311 e. The number of esters is 1. The predicted octanol–water partition coefficient (Wildman–Crippen LogP) is 8.88. The summed E-state index contributed by atoms with van der Waals surface area (Å²) >= 11 is 1.86. The molecule has 1 aliphatic rings. The van der Waals surface area contributed by atoms with E-state index in [-0.39, 0.29) is 5.97 Å². The van der Waals surface area contributed by atoms with Gasteiger partial charge in [-0.05, 0) is 85.5 Å². The van der Waals surface area contributed by atoms with Gasteiger partial charge in [0, 0.05) is 23.9 Å². The zero-order valence-corrected chi connectivity index (χ0v) is 24.8. The number of fused-ring (bicyclic) bond motifs is 1. The van der Waals surface area contributed by atoms with Crippen LogP contribution < -0.4 is 4.74 Å². The third kappa shape index (κ3) is 9.25. The Morgan fingerprint density at radius 1 is 1.00 bits per heavy atom. The lowest BCUT2D eigenvalue weighted by Crippen LogP contribution is -2.41. The van der Waals surface area contributed by atoms with Gasteiger partial charge in [-0.3, -0.25) is 9.69 Å². The van der Waals surface area contributed by atoms with Crippen LogP contribution in [0.15, 0.2) is 35.7 Å². The van der Waals surface area contributed by atoms with Gasteiger partial charge >= 0.3 is 5.97 Å². The quantitative estimate of drug-likeness (QED) is 0.153. The van der Waals surface area contributed by atoms with Crippen LogP contribution in [0.5, 0.6) is 5.75 Å². The van der Waals surface area contributed by atoms with Crippen LogP contribution in [0.25, 0.3) is 0 Å². The summed E-state index contributed by atoms with van der Waals surface area (Å²) in [5, 5.41) is 2.18. The van der Waals surface area contributed by atoms with Crippen molar-refractivity contribution in [1.82, 2.24) is 4.90 Å². The normalized spacial score (nSPS) is 16.9. The van der Waals surface area contributed by atoms with Crippen LogP contribution in [0.4, 0.5) is 0 Å². The Labute approximate surface area is 231 Å². The number of carbonyl (C=O) groups is 1. The first-order valence-corrected chi connectivity index (χ1v) is 16.0. The molecule has 0 amide bonds. The van der Waals surface area contributed by atoms with E-state index in [9.17, 15) is 4.79 Å². The monoisotopic (exact) mass is 525 g/mol. The van der Waals surface area contributed by atoms with E-state index in [4.69, 9.17) is 4.74 Å². The molecule has 0 radical (unpaired) electrons. The Morgan fingerprint density at radius 3 is 2.57 bits per heavy atom. The Morgan fingerprint density at radius 2 is 1.86 bits per heavy atom. The molecule has 0 N–H and O–H groups in total. The minimum absolute atomic E-state index is 0.0491. The van der Waals surface area contributed by atoms with Crippen molar-refractivity contribution in [2.45, 2.75) is 117 Å². The molecule has 0 aliphatic heterocycles. The topological polar surface area (TPSA) is 29.5 Å². The van der Waals surface area contributed by atoms with Crippen LogP contribution in [-0.4, -0.2) is 30.0 Å². The van der Waals surface area contributed by atoms with E-state index in [0.29, 0.717) is 18.4 Å². The van der Waals surface area contributed by atoms with Crippen LogP contribution in [0.1, 0.15) is 108 Å². The molecule has 1 heterocycles. The summed E-state index contributed by atoms with van der Waals surface area (Å²) < 4.78 is 6.03. The number of nitrogens with zero attached hydrogens (tertiary/aromatic N) is 1. The van der Waals surface area contributed by atoms with E-state index in [2.05, 4.69) is 62.2 Å². The lowest BCUT2D eigenvalue weighted by atomic mass is 9.80. The molecule has 0 spiro atoms. The molecule has 206 valence electrons. The maximum absolute atomic E-state index is 13.0. The molecule has 0 saturated carbocycles. The van der Waals surface area contributed by atoms with Gasteiger partial charge in [0.25, 0.3) is 0 Å². The fourth-order valence-electron chi connectivity index (χ4n) is 6.34. The summed E-state index contributed by atoms with van der Waals surface area (Å²) in [6.07, 6.45) is 14.5. The molecule has 1 aromatic heterocycles. The number of carbonyl (C=O) groups excluding carboxylic acids is 1. The molecule has 0 fully saturated rings. The lowest BCUT2D eigenvalue weighted by Gasteiger charge is -2.35. The molecule has 3 atom stereocenters. The van der Waals surface area contributed by atoms with Crippen molar-refractivity contribution in [3.63, 3.8) is 0 Å². The largest absolute Gasteiger partial charge is 0.426 e. The highest BCUT2D eigenvalue weighted by molar-refractivity contribution is 7.09. The molecule has 0 bridgehead atoms. The molecule has 3 unspecified atom stereocenters. The van der Waals surface area contributed by atoms with Gasteiger partial charge in [-0.2, -0.15) is 0 Å². The Hall–Kier alpha value is -1.65. The van der Waals surface area contributed by atoms with Crippen molar-refractivity contribution in [2.75, 3.05) is 13.1 Å². The Kier molecular flexibility index (Phi) is 13.2. The zero-order valence-electron chi connectivity index (χ0n) is 24.0. The van der Waals surface area contributed by atoms with Crippen LogP contribution in [-0.2, 0) is 24.1 Å². The van der Waals surface area contributed by atoms with Crippen molar-refractivity contribution in [3.05, 3.63) is 51.7 Å². The highest BCUT2D eigenvalue weighted by Crippen LogP contribution is 2.33. The average molecular weight is 526 g/mol. The van der Waals surface area contributed by atoms with Gasteiger partial charge < -0.3 is 4.74 Å². The SMILES string of the molecule is CCCCC(CCC(=O)Oc1cccc2c1CCC(N(CCC)CCc1cccs1)C2)C(CC)CCC. The number of hydrogen-bond donors (Lipinski definition) is 0. The van der Waals surface area contributed by atoms with Gasteiger partial charge in [0.15, 0.2) is 0 Å². The molecule has 0 saturated heterocycles. The van der Waals surface area contributed by atoms with Crippen LogP contribution in [0.3, 0.4) is 0 Å². The minimum Gasteiger partial charge on any atom is -0.426 e. The molecule has 1 aromatic carbocycles. The molecule has 1 aliphatic carbocycles. The molecular formula is C33H51NO2S. The van der Waals surface area contributed by atoms with E-state index < -0.39 is 0 Å². The van der Waals surface area contributed by atoms with Crippen LogP contribution in [0, 0.1) is 11.8 Å². The van der Waals surface area contributed by atoms with Crippen LogP contribution in [0.2, 0.25) is 0 Å². The van der Waals surface area contributed by atoms with Crippen molar-refractivity contribution in [1.29, 1.82) is 0 Å². The third-order valence-corrected chi connectivity index (χ3v) is 9.32. The lowest BCUT2D eigenvalue weighted by molar-refractivity contribution is -0.134. The van der Waals surface area contributed by atoms with E-state index in [1.165, 1.54) is 60.9 Å². The van der Waals surface area contributed by atoms with E-state index >= 15 is 0 Å². The number of ether oxygens (including phenoxy) is 1. The van der Waals surface area contributed by atoms with Gasteiger partial charge in [0.1, 0.15) is 5.75 Å². The van der Waals surface area contributed by atoms with Gasteiger partial charge in [0.2, 0.25) is 0 Å². The Balaban J connectivity index is 1.59.